The second kappa shape index (κ2) is 8.59. The zero-order chi connectivity index (χ0) is 19.3. The van der Waals surface area contributed by atoms with Crippen LogP contribution in [0.5, 0.6) is 0 Å². The monoisotopic (exact) mass is 376 g/mol. The van der Waals surface area contributed by atoms with Gasteiger partial charge in [0, 0.05) is 23.7 Å². The van der Waals surface area contributed by atoms with Gasteiger partial charge in [0.1, 0.15) is 6.04 Å². The zero-order valence-electron chi connectivity index (χ0n) is 16.3. The average molecular weight is 377 g/mol. The van der Waals surface area contributed by atoms with Crippen molar-refractivity contribution >= 4 is 17.5 Å². The molecular weight excluding hydrogens is 348 g/mol. The van der Waals surface area contributed by atoms with Gasteiger partial charge in [0.2, 0.25) is 5.91 Å². The van der Waals surface area contributed by atoms with Crippen LogP contribution in [0.3, 0.4) is 0 Å². The quantitative estimate of drug-likeness (QED) is 0.858. The Morgan fingerprint density at radius 1 is 0.821 bits per heavy atom. The van der Waals surface area contributed by atoms with Gasteiger partial charge < -0.3 is 5.32 Å². The smallest absolute Gasteiger partial charge is 0.259 e. The number of carbonyl (C=O) groups excluding carboxylic acids is 2. The summed E-state index contributed by atoms with van der Waals surface area (Å²) in [4.78, 5) is 28.2. The molecule has 4 heteroatoms. The fraction of sp³-hybridized carbons (Fsp3) is 0.417. The predicted molar refractivity (Wildman–Crippen MR) is 111 cm³/mol. The van der Waals surface area contributed by atoms with Gasteiger partial charge >= 0.3 is 0 Å². The first-order valence-electron chi connectivity index (χ1n) is 10.5. The van der Waals surface area contributed by atoms with E-state index in [0.717, 1.165) is 24.1 Å². The van der Waals surface area contributed by atoms with Gasteiger partial charge in [-0.2, -0.15) is 0 Å². The number of carbonyl (C=O) groups is 2. The molecule has 1 heterocycles. The summed E-state index contributed by atoms with van der Waals surface area (Å²) in [6.07, 6.45) is 8.80. The standard InChI is InChI=1S/C24H28N2O2/c27-23(25-20-14-7-2-1-3-8-15-20)22-17-19-13-9-10-16-21(19)26(22)24(28)18-11-5-4-6-12-18/h4-6,9-13,16,20,22H,1-3,7-8,14-15,17H2,(H,25,27). The summed E-state index contributed by atoms with van der Waals surface area (Å²) in [7, 11) is 0. The lowest BCUT2D eigenvalue weighted by molar-refractivity contribution is -0.123. The van der Waals surface area contributed by atoms with Crippen molar-refractivity contribution in [2.24, 2.45) is 0 Å². The van der Waals surface area contributed by atoms with E-state index in [4.69, 9.17) is 0 Å². The van der Waals surface area contributed by atoms with Gasteiger partial charge in [-0.25, -0.2) is 0 Å². The first kappa shape index (κ1) is 18.7. The van der Waals surface area contributed by atoms with Gasteiger partial charge in [-0.3, -0.25) is 14.5 Å². The highest BCUT2D eigenvalue weighted by Crippen LogP contribution is 2.33. The summed E-state index contributed by atoms with van der Waals surface area (Å²) < 4.78 is 0. The molecule has 1 N–H and O–H groups in total. The van der Waals surface area contributed by atoms with Gasteiger partial charge in [-0.1, -0.05) is 68.5 Å². The molecule has 2 aliphatic rings. The van der Waals surface area contributed by atoms with Crippen molar-refractivity contribution < 1.29 is 9.59 Å². The number of anilines is 1. The molecule has 4 nitrogen and oxygen atoms in total. The Hall–Kier alpha value is -2.62. The van der Waals surface area contributed by atoms with Crippen LogP contribution in [0.25, 0.3) is 0 Å². The molecule has 146 valence electrons. The van der Waals surface area contributed by atoms with E-state index in [0.29, 0.717) is 12.0 Å². The molecule has 0 aromatic heterocycles. The number of amides is 2. The van der Waals surface area contributed by atoms with Gasteiger partial charge in [0.05, 0.1) is 0 Å². The van der Waals surface area contributed by atoms with Crippen molar-refractivity contribution in [2.75, 3.05) is 4.90 Å². The highest BCUT2D eigenvalue weighted by atomic mass is 16.2. The number of nitrogens with one attached hydrogen (secondary N) is 1. The van der Waals surface area contributed by atoms with Crippen LogP contribution < -0.4 is 10.2 Å². The first-order valence-corrected chi connectivity index (χ1v) is 10.5. The summed E-state index contributed by atoms with van der Waals surface area (Å²) >= 11 is 0. The van der Waals surface area contributed by atoms with E-state index in [9.17, 15) is 9.59 Å². The molecule has 1 saturated carbocycles. The minimum absolute atomic E-state index is 0.0222. The molecule has 0 spiro atoms. The molecule has 1 aliphatic carbocycles. The Morgan fingerprint density at radius 2 is 1.46 bits per heavy atom. The number of fused-ring (bicyclic) bond motifs is 1. The Balaban J connectivity index is 1.56. The maximum absolute atomic E-state index is 13.3. The van der Waals surface area contributed by atoms with Crippen LogP contribution in [0.4, 0.5) is 5.69 Å². The van der Waals surface area contributed by atoms with Crippen molar-refractivity contribution in [3.63, 3.8) is 0 Å². The van der Waals surface area contributed by atoms with Crippen molar-refractivity contribution in [3.8, 4) is 0 Å². The van der Waals surface area contributed by atoms with Crippen LogP contribution in [0, 0.1) is 0 Å². The molecule has 0 saturated heterocycles. The van der Waals surface area contributed by atoms with Crippen LogP contribution in [-0.4, -0.2) is 23.9 Å². The Labute approximate surface area is 166 Å². The molecule has 1 fully saturated rings. The summed E-state index contributed by atoms with van der Waals surface area (Å²) in [6, 6.07) is 16.9. The number of benzene rings is 2. The normalized spacial score (nSPS) is 20.1. The molecule has 2 aromatic carbocycles. The second-order valence-corrected chi connectivity index (χ2v) is 7.94. The van der Waals surface area contributed by atoms with E-state index in [-0.39, 0.29) is 17.9 Å². The zero-order valence-corrected chi connectivity index (χ0v) is 16.3. The highest BCUT2D eigenvalue weighted by Gasteiger charge is 2.39. The van der Waals surface area contributed by atoms with E-state index in [1.54, 1.807) is 4.90 Å². The molecule has 1 atom stereocenters. The summed E-state index contributed by atoms with van der Waals surface area (Å²) in [5.74, 6) is -0.130. The molecule has 28 heavy (non-hydrogen) atoms. The maximum Gasteiger partial charge on any atom is 0.259 e. The fourth-order valence-corrected chi connectivity index (χ4v) is 4.46. The predicted octanol–water partition coefficient (Wildman–Crippen LogP) is 4.49. The lowest BCUT2D eigenvalue weighted by Crippen LogP contribution is -2.50. The van der Waals surface area contributed by atoms with Crippen molar-refractivity contribution in [1.29, 1.82) is 0 Å². The Kier molecular flexibility index (Phi) is 5.75. The lowest BCUT2D eigenvalue weighted by atomic mass is 9.96. The summed E-state index contributed by atoms with van der Waals surface area (Å²) in [5.41, 5.74) is 2.53. The molecular formula is C24H28N2O2. The average Bonchev–Trinajstić information content (AvgIpc) is 3.09. The van der Waals surface area contributed by atoms with Gasteiger partial charge in [-0.05, 0) is 36.6 Å². The summed E-state index contributed by atoms with van der Waals surface area (Å²) in [6.45, 7) is 0. The number of nitrogens with zero attached hydrogens (tertiary/aromatic N) is 1. The third kappa shape index (κ3) is 3.96. The first-order chi connectivity index (χ1) is 13.7. The summed E-state index contributed by atoms with van der Waals surface area (Å²) in [5, 5.41) is 3.27. The SMILES string of the molecule is O=C(NC1CCCCCCC1)C1Cc2ccccc2N1C(=O)c1ccccc1. The molecule has 0 radical (unpaired) electrons. The number of hydrogen-bond acceptors (Lipinski definition) is 2. The molecule has 4 rings (SSSR count). The third-order valence-electron chi connectivity index (χ3n) is 5.97. The Bertz CT molecular complexity index is 826. The van der Waals surface area contributed by atoms with Crippen LogP contribution >= 0.6 is 0 Å². The number of hydrogen-bond donors (Lipinski definition) is 1. The van der Waals surface area contributed by atoms with Crippen molar-refractivity contribution in [2.45, 2.75) is 63.5 Å². The van der Waals surface area contributed by atoms with E-state index >= 15 is 0 Å². The van der Waals surface area contributed by atoms with E-state index in [2.05, 4.69) is 5.32 Å². The molecule has 2 amide bonds. The van der Waals surface area contributed by atoms with Crippen molar-refractivity contribution in [1.82, 2.24) is 5.32 Å². The van der Waals surface area contributed by atoms with Gasteiger partial charge in [0.25, 0.3) is 5.91 Å². The molecule has 2 aromatic rings. The van der Waals surface area contributed by atoms with Gasteiger partial charge in [0.15, 0.2) is 0 Å². The molecule has 1 aliphatic heterocycles. The highest BCUT2D eigenvalue weighted by molar-refractivity contribution is 6.11. The van der Waals surface area contributed by atoms with E-state index in [1.807, 2.05) is 54.6 Å². The minimum atomic E-state index is -0.476. The largest absolute Gasteiger partial charge is 0.352 e. The number of para-hydroxylation sites is 1. The van der Waals surface area contributed by atoms with E-state index < -0.39 is 6.04 Å². The van der Waals surface area contributed by atoms with E-state index in [1.165, 1.54) is 32.1 Å². The maximum atomic E-state index is 13.3. The van der Waals surface area contributed by atoms with Gasteiger partial charge in [-0.15, -0.1) is 0 Å². The third-order valence-corrected chi connectivity index (χ3v) is 5.97. The van der Waals surface area contributed by atoms with Crippen LogP contribution in [-0.2, 0) is 11.2 Å². The molecule has 1 unspecified atom stereocenters. The molecule has 0 bridgehead atoms. The van der Waals surface area contributed by atoms with Crippen LogP contribution in [0.1, 0.15) is 60.9 Å². The Morgan fingerprint density at radius 3 is 2.21 bits per heavy atom. The fourth-order valence-electron chi connectivity index (χ4n) is 4.46. The van der Waals surface area contributed by atoms with Crippen molar-refractivity contribution in [3.05, 3.63) is 65.7 Å². The minimum Gasteiger partial charge on any atom is -0.352 e. The number of rotatable bonds is 3. The van der Waals surface area contributed by atoms with Crippen LogP contribution in [0.15, 0.2) is 54.6 Å². The second-order valence-electron chi connectivity index (χ2n) is 7.94. The lowest BCUT2D eigenvalue weighted by Gasteiger charge is -2.28. The van der Waals surface area contributed by atoms with Crippen LogP contribution in [0.2, 0.25) is 0 Å². The topological polar surface area (TPSA) is 49.4 Å².